The highest BCUT2D eigenvalue weighted by Crippen LogP contribution is 2.21. The van der Waals surface area contributed by atoms with Gasteiger partial charge in [0.2, 0.25) is 0 Å². The Labute approximate surface area is 106 Å². The van der Waals surface area contributed by atoms with Crippen molar-refractivity contribution in [1.82, 2.24) is 9.78 Å². The number of nitrogens with zero attached hydrogens (tertiary/aromatic N) is 4. The molecule has 0 aliphatic rings. The predicted octanol–water partition coefficient (Wildman–Crippen LogP) is 1.51. The summed E-state index contributed by atoms with van der Waals surface area (Å²) in [6.07, 6.45) is 3.81. The zero-order valence-electron chi connectivity index (χ0n) is 10.5. The molecule has 2 aromatic rings. The third kappa shape index (κ3) is 2.43. The molecule has 0 fully saturated rings. The van der Waals surface area contributed by atoms with Crippen LogP contribution >= 0.6 is 0 Å². The van der Waals surface area contributed by atoms with Crippen molar-refractivity contribution >= 4 is 11.4 Å². The molecule has 0 amide bonds. The molecule has 0 aliphatic heterocycles. The van der Waals surface area contributed by atoms with E-state index < -0.39 is 0 Å². The molecule has 2 N–H and O–H groups in total. The molecule has 0 saturated heterocycles. The smallest absolute Gasteiger partial charge is 0.101 e. The van der Waals surface area contributed by atoms with Crippen molar-refractivity contribution < 1.29 is 0 Å². The highest BCUT2D eigenvalue weighted by Gasteiger charge is 2.06. The summed E-state index contributed by atoms with van der Waals surface area (Å²) in [6, 6.07) is 7.51. The van der Waals surface area contributed by atoms with E-state index in [-0.39, 0.29) is 0 Å². The third-order valence-corrected chi connectivity index (χ3v) is 2.77. The first-order chi connectivity index (χ1) is 8.60. The fraction of sp³-hybridized carbons (Fsp3) is 0.231. The fourth-order valence-electron chi connectivity index (χ4n) is 1.81. The molecule has 0 bridgehead atoms. The Morgan fingerprint density at radius 2 is 2.28 bits per heavy atom. The van der Waals surface area contributed by atoms with E-state index in [4.69, 9.17) is 11.0 Å². The first-order valence-corrected chi connectivity index (χ1v) is 5.58. The minimum atomic E-state index is 0.507. The van der Waals surface area contributed by atoms with Gasteiger partial charge in [0, 0.05) is 38.1 Å². The number of hydrogen-bond donors (Lipinski definition) is 1. The van der Waals surface area contributed by atoms with E-state index in [0.717, 1.165) is 17.8 Å². The van der Waals surface area contributed by atoms with Gasteiger partial charge < -0.3 is 10.6 Å². The number of nitrogens with two attached hydrogens (primary N) is 1. The fourth-order valence-corrected chi connectivity index (χ4v) is 1.81. The molecule has 0 aliphatic carbocycles. The summed E-state index contributed by atoms with van der Waals surface area (Å²) in [7, 11) is 3.87. The lowest BCUT2D eigenvalue weighted by atomic mass is 10.1. The van der Waals surface area contributed by atoms with Crippen molar-refractivity contribution in [1.29, 1.82) is 5.26 Å². The van der Waals surface area contributed by atoms with E-state index in [1.807, 2.05) is 38.6 Å². The second-order valence-electron chi connectivity index (χ2n) is 4.26. The van der Waals surface area contributed by atoms with Gasteiger partial charge >= 0.3 is 0 Å². The number of nitrogen functional groups attached to an aromatic ring is 1. The topological polar surface area (TPSA) is 70.9 Å². The van der Waals surface area contributed by atoms with E-state index in [9.17, 15) is 0 Å². The number of aromatic nitrogens is 2. The molecule has 5 heteroatoms. The normalized spacial score (nSPS) is 10.1. The van der Waals surface area contributed by atoms with Gasteiger partial charge in [-0.1, -0.05) is 0 Å². The van der Waals surface area contributed by atoms with Crippen LogP contribution in [-0.4, -0.2) is 16.8 Å². The molecular formula is C13H15N5. The first kappa shape index (κ1) is 12.0. The Morgan fingerprint density at radius 1 is 1.50 bits per heavy atom. The van der Waals surface area contributed by atoms with Crippen LogP contribution in [0.2, 0.25) is 0 Å². The molecule has 1 heterocycles. The van der Waals surface area contributed by atoms with Crippen LogP contribution in [0, 0.1) is 11.3 Å². The van der Waals surface area contributed by atoms with Gasteiger partial charge in [-0.2, -0.15) is 10.4 Å². The maximum Gasteiger partial charge on any atom is 0.101 e. The summed E-state index contributed by atoms with van der Waals surface area (Å²) in [5.41, 5.74) is 8.93. The molecule has 18 heavy (non-hydrogen) atoms. The number of hydrogen-bond acceptors (Lipinski definition) is 4. The van der Waals surface area contributed by atoms with Gasteiger partial charge in [-0.25, -0.2) is 0 Å². The van der Waals surface area contributed by atoms with Gasteiger partial charge in [-0.15, -0.1) is 0 Å². The molecule has 92 valence electrons. The lowest BCUT2D eigenvalue weighted by Gasteiger charge is -2.19. The Morgan fingerprint density at radius 3 is 2.83 bits per heavy atom. The standard InChI is InChI=1S/C13H15N5/c1-17(8-10-7-16-18(2)9-10)12-4-3-11(6-14)13(15)5-12/h3-5,7,9H,8,15H2,1-2H3. The lowest BCUT2D eigenvalue weighted by Crippen LogP contribution is -2.16. The maximum atomic E-state index is 8.83. The molecule has 0 saturated carbocycles. The van der Waals surface area contributed by atoms with Crippen molar-refractivity contribution in [3.63, 3.8) is 0 Å². The van der Waals surface area contributed by atoms with Crippen LogP contribution in [0.5, 0.6) is 0 Å². The van der Waals surface area contributed by atoms with E-state index >= 15 is 0 Å². The second-order valence-corrected chi connectivity index (χ2v) is 4.26. The molecule has 5 nitrogen and oxygen atoms in total. The van der Waals surface area contributed by atoms with Crippen LogP contribution < -0.4 is 10.6 Å². The van der Waals surface area contributed by atoms with E-state index in [1.54, 1.807) is 10.7 Å². The van der Waals surface area contributed by atoms with E-state index in [1.165, 1.54) is 0 Å². The molecule has 1 aromatic carbocycles. The SMILES string of the molecule is CN(Cc1cnn(C)c1)c1ccc(C#N)c(N)c1. The zero-order valence-corrected chi connectivity index (χ0v) is 10.5. The van der Waals surface area contributed by atoms with Crippen LogP contribution in [-0.2, 0) is 13.6 Å². The molecule has 0 radical (unpaired) electrons. The lowest BCUT2D eigenvalue weighted by molar-refractivity contribution is 0.766. The second kappa shape index (κ2) is 4.80. The predicted molar refractivity (Wildman–Crippen MR) is 70.9 cm³/mol. The highest BCUT2D eigenvalue weighted by atomic mass is 15.2. The molecule has 0 spiro atoms. The Balaban J connectivity index is 2.16. The molecular weight excluding hydrogens is 226 g/mol. The number of aryl methyl sites for hydroxylation is 1. The number of rotatable bonds is 3. The molecule has 2 rings (SSSR count). The largest absolute Gasteiger partial charge is 0.398 e. The number of anilines is 2. The molecule has 0 unspecified atom stereocenters. The van der Waals surface area contributed by atoms with Gasteiger partial charge in [0.25, 0.3) is 0 Å². The van der Waals surface area contributed by atoms with Crippen molar-refractivity contribution in [2.24, 2.45) is 7.05 Å². The van der Waals surface area contributed by atoms with E-state index in [0.29, 0.717) is 11.3 Å². The van der Waals surface area contributed by atoms with Crippen LogP contribution in [0.15, 0.2) is 30.6 Å². The van der Waals surface area contributed by atoms with Crippen LogP contribution in [0.1, 0.15) is 11.1 Å². The zero-order chi connectivity index (χ0) is 13.1. The number of nitriles is 1. The summed E-state index contributed by atoms with van der Waals surface area (Å²) in [5, 5.41) is 13.0. The third-order valence-electron chi connectivity index (χ3n) is 2.77. The quantitative estimate of drug-likeness (QED) is 0.827. The molecule has 1 aromatic heterocycles. The van der Waals surface area contributed by atoms with Gasteiger partial charge in [-0.05, 0) is 18.2 Å². The summed E-state index contributed by atoms with van der Waals surface area (Å²) >= 11 is 0. The van der Waals surface area contributed by atoms with Crippen LogP contribution in [0.4, 0.5) is 11.4 Å². The van der Waals surface area contributed by atoms with Gasteiger partial charge in [0.1, 0.15) is 6.07 Å². The van der Waals surface area contributed by atoms with Crippen LogP contribution in [0.25, 0.3) is 0 Å². The van der Waals surface area contributed by atoms with Gasteiger partial charge in [0.05, 0.1) is 17.4 Å². The molecule has 0 atom stereocenters. The Hall–Kier alpha value is -2.48. The first-order valence-electron chi connectivity index (χ1n) is 5.58. The Bertz CT molecular complexity index is 594. The van der Waals surface area contributed by atoms with Crippen molar-refractivity contribution in [2.75, 3.05) is 17.7 Å². The van der Waals surface area contributed by atoms with Crippen molar-refractivity contribution in [3.05, 3.63) is 41.7 Å². The Kier molecular flexibility index (Phi) is 3.20. The average Bonchev–Trinajstić information content (AvgIpc) is 2.74. The van der Waals surface area contributed by atoms with E-state index in [2.05, 4.69) is 16.1 Å². The van der Waals surface area contributed by atoms with Crippen molar-refractivity contribution in [2.45, 2.75) is 6.54 Å². The maximum absolute atomic E-state index is 8.83. The summed E-state index contributed by atoms with van der Waals surface area (Å²) < 4.78 is 1.77. The van der Waals surface area contributed by atoms with Crippen LogP contribution in [0.3, 0.4) is 0 Å². The van der Waals surface area contributed by atoms with Gasteiger partial charge in [-0.3, -0.25) is 4.68 Å². The minimum absolute atomic E-state index is 0.507. The summed E-state index contributed by atoms with van der Waals surface area (Å²) in [6.45, 7) is 0.749. The van der Waals surface area contributed by atoms with Gasteiger partial charge in [0.15, 0.2) is 0 Å². The average molecular weight is 241 g/mol. The minimum Gasteiger partial charge on any atom is -0.398 e. The number of benzene rings is 1. The summed E-state index contributed by atoms with van der Waals surface area (Å²) in [4.78, 5) is 2.06. The monoisotopic (exact) mass is 241 g/mol. The summed E-state index contributed by atoms with van der Waals surface area (Å²) in [5.74, 6) is 0. The van der Waals surface area contributed by atoms with Crippen molar-refractivity contribution in [3.8, 4) is 6.07 Å². The highest BCUT2D eigenvalue weighted by molar-refractivity contribution is 5.63.